The Morgan fingerprint density at radius 3 is 2.84 bits per heavy atom. The highest BCUT2D eigenvalue weighted by molar-refractivity contribution is 6.07. The first-order chi connectivity index (χ1) is 15.5. The normalized spacial score (nSPS) is 12.1. The number of anilines is 1. The number of nitrogens with one attached hydrogen (secondary N) is 2. The lowest BCUT2D eigenvalue weighted by Gasteiger charge is -2.16. The van der Waals surface area contributed by atoms with Gasteiger partial charge in [-0.05, 0) is 29.8 Å². The summed E-state index contributed by atoms with van der Waals surface area (Å²) >= 11 is 0. The Hall–Kier alpha value is -3.99. The van der Waals surface area contributed by atoms with Gasteiger partial charge in [0.15, 0.2) is 11.5 Å². The number of nitrogens with zero attached hydrogens (tertiary/aromatic N) is 6. The van der Waals surface area contributed by atoms with Gasteiger partial charge in [-0.15, -0.1) is 0 Å². The fraction of sp³-hybridized carbons (Fsp3) is 0.273. The standard InChI is InChI=1S/C22H21FN8O/c1-25-15-7-13(6-14(23)8-15)18-9-17-20-19(28-12-30(20)3)21(26-2)29-22(17)31(18)11-16(10-24)27-4-5-32/h6-9,12,16,27,32H,4-5,11H2,2-3H3,(H,26,29). The number of aromatic nitrogens is 4. The van der Waals surface area contributed by atoms with Crippen LogP contribution < -0.4 is 10.6 Å². The molecule has 0 aliphatic rings. The zero-order chi connectivity index (χ0) is 22.8. The third-order valence-electron chi connectivity index (χ3n) is 5.27. The van der Waals surface area contributed by atoms with Gasteiger partial charge in [-0.1, -0.05) is 0 Å². The van der Waals surface area contributed by atoms with Crippen molar-refractivity contribution in [1.82, 2.24) is 24.4 Å². The molecular formula is C22H21FN8O. The van der Waals surface area contributed by atoms with Crippen molar-refractivity contribution in [2.75, 3.05) is 25.5 Å². The van der Waals surface area contributed by atoms with Gasteiger partial charge < -0.3 is 19.6 Å². The lowest BCUT2D eigenvalue weighted by molar-refractivity contribution is 0.287. The Morgan fingerprint density at radius 2 is 2.16 bits per heavy atom. The summed E-state index contributed by atoms with van der Waals surface area (Å²) in [5.41, 5.74) is 3.45. The summed E-state index contributed by atoms with van der Waals surface area (Å²) in [5.74, 6) is 0.0620. The van der Waals surface area contributed by atoms with E-state index in [1.807, 2.05) is 22.2 Å². The first kappa shape index (κ1) is 21.2. The minimum Gasteiger partial charge on any atom is -0.395 e. The Bertz CT molecular complexity index is 1390. The van der Waals surface area contributed by atoms with Crippen molar-refractivity contribution in [2.45, 2.75) is 12.6 Å². The van der Waals surface area contributed by atoms with Gasteiger partial charge in [-0.3, -0.25) is 5.32 Å². The minimum atomic E-state index is -0.618. The Morgan fingerprint density at radius 1 is 1.34 bits per heavy atom. The first-order valence-corrected chi connectivity index (χ1v) is 9.95. The van der Waals surface area contributed by atoms with E-state index in [0.717, 1.165) is 10.9 Å². The summed E-state index contributed by atoms with van der Waals surface area (Å²) in [5, 5.41) is 25.6. The van der Waals surface area contributed by atoms with E-state index in [9.17, 15) is 9.65 Å². The van der Waals surface area contributed by atoms with Crippen LogP contribution in [0.3, 0.4) is 0 Å². The SMILES string of the molecule is [C-]#[N+]c1cc(F)cc(-c2cc3c4c(ncn4C)c(NC)nc3n2CC(C#N)NCCO)c1. The van der Waals surface area contributed by atoms with Crippen molar-refractivity contribution < 1.29 is 9.50 Å². The van der Waals surface area contributed by atoms with Crippen molar-refractivity contribution in [3.05, 3.63) is 47.8 Å². The molecule has 0 fully saturated rings. The second-order valence-corrected chi connectivity index (χ2v) is 7.31. The molecule has 0 saturated heterocycles. The van der Waals surface area contributed by atoms with Crippen LogP contribution in [-0.4, -0.2) is 50.4 Å². The number of halogens is 1. The second kappa shape index (κ2) is 8.63. The van der Waals surface area contributed by atoms with Gasteiger partial charge in [-0.2, -0.15) is 5.26 Å². The van der Waals surface area contributed by atoms with E-state index in [4.69, 9.17) is 16.7 Å². The lowest BCUT2D eigenvalue weighted by atomic mass is 10.1. The number of imidazole rings is 1. The molecule has 0 radical (unpaired) electrons. The lowest BCUT2D eigenvalue weighted by Crippen LogP contribution is -2.34. The van der Waals surface area contributed by atoms with E-state index < -0.39 is 11.9 Å². The number of rotatable bonds is 7. The van der Waals surface area contributed by atoms with Crippen molar-refractivity contribution in [2.24, 2.45) is 7.05 Å². The molecule has 4 aromatic rings. The molecule has 0 saturated carbocycles. The summed E-state index contributed by atoms with van der Waals surface area (Å²) in [6.07, 6.45) is 1.70. The van der Waals surface area contributed by atoms with Gasteiger partial charge in [0.25, 0.3) is 0 Å². The molecular weight excluding hydrogens is 411 g/mol. The molecule has 3 heterocycles. The van der Waals surface area contributed by atoms with Crippen LogP contribution >= 0.6 is 0 Å². The summed E-state index contributed by atoms with van der Waals surface area (Å²) < 4.78 is 18.0. The van der Waals surface area contributed by atoms with Crippen molar-refractivity contribution >= 4 is 33.6 Å². The first-order valence-electron chi connectivity index (χ1n) is 9.95. The summed E-state index contributed by atoms with van der Waals surface area (Å²) in [6.45, 7) is 7.65. The summed E-state index contributed by atoms with van der Waals surface area (Å²) in [7, 11) is 3.64. The van der Waals surface area contributed by atoms with Crippen LogP contribution in [0.4, 0.5) is 15.9 Å². The molecule has 162 valence electrons. The van der Waals surface area contributed by atoms with Gasteiger partial charge in [0.2, 0.25) is 0 Å². The summed E-state index contributed by atoms with van der Waals surface area (Å²) in [4.78, 5) is 12.6. The number of fused-ring (bicyclic) bond motifs is 3. The molecule has 1 atom stereocenters. The van der Waals surface area contributed by atoms with Gasteiger partial charge in [0, 0.05) is 31.7 Å². The van der Waals surface area contributed by atoms with Gasteiger partial charge in [0.05, 0.1) is 37.6 Å². The molecule has 0 spiro atoms. The van der Waals surface area contributed by atoms with Crippen molar-refractivity contribution in [3.8, 4) is 17.3 Å². The van der Waals surface area contributed by atoms with Crippen LogP contribution in [0.15, 0.2) is 30.6 Å². The largest absolute Gasteiger partial charge is 0.395 e. The number of hydrogen-bond acceptors (Lipinski definition) is 6. The summed E-state index contributed by atoms with van der Waals surface area (Å²) in [6, 6.07) is 7.62. The van der Waals surface area contributed by atoms with Crippen LogP contribution in [-0.2, 0) is 13.6 Å². The zero-order valence-corrected chi connectivity index (χ0v) is 17.6. The average Bonchev–Trinajstić information content (AvgIpc) is 3.36. The molecule has 0 aliphatic carbocycles. The Balaban J connectivity index is 2.03. The smallest absolute Gasteiger partial charge is 0.190 e. The number of aryl methyl sites for hydroxylation is 1. The van der Waals surface area contributed by atoms with E-state index in [1.54, 1.807) is 19.4 Å². The van der Waals surface area contributed by atoms with E-state index >= 15 is 0 Å². The molecule has 3 aromatic heterocycles. The molecule has 3 N–H and O–H groups in total. The number of aliphatic hydroxyl groups is 1. The second-order valence-electron chi connectivity index (χ2n) is 7.31. The molecule has 1 unspecified atom stereocenters. The average molecular weight is 432 g/mol. The van der Waals surface area contributed by atoms with Crippen molar-refractivity contribution in [3.63, 3.8) is 0 Å². The fourth-order valence-electron chi connectivity index (χ4n) is 3.87. The number of benzene rings is 1. The number of pyridine rings is 1. The molecule has 0 bridgehead atoms. The van der Waals surface area contributed by atoms with Gasteiger partial charge in [-0.25, -0.2) is 19.2 Å². The molecule has 10 heteroatoms. The fourth-order valence-corrected chi connectivity index (χ4v) is 3.87. The number of nitriles is 1. The molecule has 9 nitrogen and oxygen atoms in total. The molecule has 32 heavy (non-hydrogen) atoms. The molecule has 1 aromatic carbocycles. The van der Waals surface area contributed by atoms with Crippen molar-refractivity contribution in [1.29, 1.82) is 5.26 Å². The van der Waals surface area contributed by atoms with Crippen LogP contribution in [0.5, 0.6) is 0 Å². The van der Waals surface area contributed by atoms with E-state index in [1.165, 1.54) is 12.1 Å². The third-order valence-corrected chi connectivity index (χ3v) is 5.27. The van der Waals surface area contributed by atoms with Crippen LogP contribution in [0.25, 0.3) is 38.2 Å². The third kappa shape index (κ3) is 3.62. The van der Waals surface area contributed by atoms with Crippen LogP contribution in [0.2, 0.25) is 0 Å². The number of aliphatic hydroxyl groups excluding tert-OH is 1. The van der Waals surface area contributed by atoms with Gasteiger partial charge in [0.1, 0.15) is 23.0 Å². The Kier molecular flexibility index (Phi) is 5.73. The highest BCUT2D eigenvalue weighted by Crippen LogP contribution is 2.35. The topological polar surface area (TPSA) is 108 Å². The van der Waals surface area contributed by atoms with Gasteiger partial charge >= 0.3 is 0 Å². The van der Waals surface area contributed by atoms with Crippen LogP contribution in [0, 0.1) is 23.7 Å². The predicted molar refractivity (Wildman–Crippen MR) is 120 cm³/mol. The number of hydrogen-bond donors (Lipinski definition) is 3. The minimum absolute atomic E-state index is 0.104. The highest BCUT2D eigenvalue weighted by Gasteiger charge is 2.21. The van der Waals surface area contributed by atoms with Crippen LogP contribution in [0.1, 0.15) is 0 Å². The maximum absolute atomic E-state index is 14.3. The van der Waals surface area contributed by atoms with E-state index in [-0.39, 0.29) is 25.4 Å². The maximum atomic E-state index is 14.3. The monoisotopic (exact) mass is 432 g/mol. The molecule has 4 rings (SSSR count). The zero-order valence-electron chi connectivity index (χ0n) is 17.6. The van der Waals surface area contributed by atoms with E-state index in [2.05, 4.69) is 26.5 Å². The molecule has 0 amide bonds. The Labute approximate surface area is 183 Å². The van der Waals surface area contributed by atoms with E-state index in [0.29, 0.717) is 28.2 Å². The molecule has 0 aliphatic heterocycles. The maximum Gasteiger partial charge on any atom is 0.190 e. The predicted octanol–water partition coefficient (Wildman–Crippen LogP) is 2.80. The highest BCUT2D eigenvalue weighted by atomic mass is 19.1. The quantitative estimate of drug-likeness (QED) is 0.388.